The monoisotopic (exact) mass is 656 g/mol. The number of carbonyl (C=O) groups is 2. The molecule has 2 heterocycles. The van der Waals surface area contributed by atoms with Crippen molar-refractivity contribution in [2.24, 2.45) is 16.7 Å². The lowest BCUT2D eigenvalue weighted by atomic mass is 9.62. The van der Waals surface area contributed by atoms with Gasteiger partial charge in [0, 0.05) is 34.9 Å². The normalized spacial score (nSPS) is 25.8. The first-order valence-electron chi connectivity index (χ1n) is 11.0. The molecular weight excluding hydrogens is 630 g/mol. The molecule has 1 aliphatic heterocycles. The third-order valence-electron chi connectivity index (χ3n) is 8.08. The number of aliphatic hydroxyl groups excluding tert-OH is 1. The Labute approximate surface area is 214 Å². The van der Waals surface area contributed by atoms with E-state index >= 15 is 0 Å². The largest absolute Gasteiger partial charge is 0.389 e. The number of fused-ring (bicyclic) bond motifs is 5. The van der Waals surface area contributed by atoms with Gasteiger partial charge in [-0.2, -0.15) is 0 Å². The minimum absolute atomic E-state index is 0.0374. The van der Waals surface area contributed by atoms with Gasteiger partial charge in [0.2, 0.25) is 11.8 Å². The maximum Gasteiger partial charge on any atom is 0.235 e. The number of β-amino-alcohol motifs (C(OH)–C–C–N with tert-alkyl or cyclic N) is 1. The summed E-state index contributed by atoms with van der Waals surface area (Å²) >= 11 is 4.63. The number of likely N-dealkylation sites (tertiary alicyclic amines) is 1. The molecule has 1 saturated carbocycles. The van der Waals surface area contributed by atoms with Crippen LogP contribution in [0.15, 0.2) is 36.4 Å². The molecule has 7 heteroatoms. The zero-order valence-electron chi connectivity index (χ0n) is 18.4. The van der Waals surface area contributed by atoms with Gasteiger partial charge in [0.15, 0.2) is 0 Å². The average molecular weight is 656 g/mol. The lowest BCUT2D eigenvalue weighted by Gasteiger charge is -2.48. The van der Waals surface area contributed by atoms with E-state index in [0.717, 1.165) is 41.8 Å². The Morgan fingerprint density at radius 3 is 2.12 bits per heavy atom. The molecule has 168 valence electrons. The van der Waals surface area contributed by atoms with E-state index in [4.69, 9.17) is 0 Å². The SMILES string of the molecule is CC1(C)[C@H]2CC[C@@]1(C)C(=O)N(C[C@H](O)Cn1c3ccc(I)cc3c3cc(I)ccc31)C2=O. The molecule has 2 fully saturated rings. The first kappa shape index (κ1) is 22.6. The van der Waals surface area contributed by atoms with Crippen molar-refractivity contribution in [1.82, 2.24) is 9.47 Å². The Morgan fingerprint density at radius 2 is 1.56 bits per heavy atom. The Hall–Kier alpha value is -1.20. The second-order valence-electron chi connectivity index (χ2n) is 9.99. The lowest BCUT2D eigenvalue weighted by Crippen LogP contribution is -2.60. The molecule has 1 aliphatic carbocycles. The number of benzene rings is 2. The fraction of sp³-hybridized carbons (Fsp3) is 0.440. The Balaban J connectivity index is 1.48. The van der Waals surface area contributed by atoms with Crippen LogP contribution in [-0.2, 0) is 16.1 Å². The van der Waals surface area contributed by atoms with E-state index in [2.05, 4.69) is 86.1 Å². The highest BCUT2D eigenvalue weighted by Crippen LogP contribution is 2.60. The van der Waals surface area contributed by atoms with E-state index in [1.54, 1.807) is 0 Å². The molecule has 1 aromatic heterocycles. The van der Waals surface area contributed by atoms with Crippen LogP contribution in [-0.4, -0.2) is 39.0 Å². The molecule has 1 N–H and O–H groups in total. The minimum Gasteiger partial charge on any atom is -0.389 e. The molecular formula is C25H26I2N2O3. The summed E-state index contributed by atoms with van der Waals surface area (Å²) in [7, 11) is 0. The first-order chi connectivity index (χ1) is 15.0. The number of amides is 2. The molecule has 2 amide bonds. The van der Waals surface area contributed by atoms with Gasteiger partial charge < -0.3 is 9.67 Å². The molecule has 32 heavy (non-hydrogen) atoms. The molecule has 3 aromatic rings. The zero-order valence-corrected chi connectivity index (χ0v) is 22.7. The van der Waals surface area contributed by atoms with Crippen LogP contribution >= 0.6 is 45.2 Å². The summed E-state index contributed by atoms with van der Waals surface area (Å²) in [6.45, 7) is 6.42. The van der Waals surface area contributed by atoms with Gasteiger partial charge >= 0.3 is 0 Å². The number of rotatable bonds is 4. The van der Waals surface area contributed by atoms with Crippen LogP contribution in [0.2, 0.25) is 0 Å². The van der Waals surface area contributed by atoms with Crippen molar-refractivity contribution in [3.8, 4) is 0 Å². The fourth-order valence-corrected chi connectivity index (χ4v) is 6.78. The fourth-order valence-electron chi connectivity index (χ4n) is 5.80. The Bertz CT molecular complexity index is 1220. The standard InChI is InChI=1S/C25H26I2N2O3/c1-24(2)19-8-9-25(24,3)23(32)29(22(19)31)13-16(30)12-28-20-6-4-14(26)10-17(20)18-11-15(27)5-7-21(18)28/h4-7,10-11,16,19,30H,8-9,12-13H2,1-3H3/t16-,19+,25+/m1/s1. The van der Waals surface area contributed by atoms with E-state index < -0.39 is 11.5 Å². The highest BCUT2D eigenvalue weighted by molar-refractivity contribution is 14.1. The van der Waals surface area contributed by atoms with Gasteiger partial charge in [-0.15, -0.1) is 0 Å². The predicted octanol–water partition coefficient (Wildman–Crippen LogP) is 5.18. The van der Waals surface area contributed by atoms with Crippen LogP contribution in [0.5, 0.6) is 0 Å². The topological polar surface area (TPSA) is 62.5 Å². The molecule has 2 bridgehead atoms. The lowest BCUT2D eigenvalue weighted by molar-refractivity contribution is -0.169. The number of halogens is 2. The summed E-state index contributed by atoms with van der Waals surface area (Å²) < 4.78 is 4.43. The highest BCUT2D eigenvalue weighted by atomic mass is 127. The Morgan fingerprint density at radius 1 is 1.00 bits per heavy atom. The number of aliphatic hydroxyl groups is 1. The van der Waals surface area contributed by atoms with E-state index in [9.17, 15) is 14.7 Å². The molecule has 0 unspecified atom stereocenters. The van der Waals surface area contributed by atoms with Crippen molar-refractivity contribution in [3.63, 3.8) is 0 Å². The van der Waals surface area contributed by atoms with Gasteiger partial charge in [-0.1, -0.05) is 20.8 Å². The first-order valence-corrected chi connectivity index (χ1v) is 13.1. The van der Waals surface area contributed by atoms with Gasteiger partial charge in [0.1, 0.15) is 0 Å². The van der Waals surface area contributed by atoms with E-state index in [1.165, 1.54) is 4.90 Å². The summed E-state index contributed by atoms with van der Waals surface area (Å²) in [6.07, 6.45) is 0.626. The molecule has 5 rings (SSSR count). The zero-order chi connectivity index (χ0) is 23.0. The van der Waals surface area contributed by atoms with Crippen molar-refractivity contribution in [2.75, 3.05) is 6.54 Å². The number of piperidine rings is 1. The van der Waals surface area contributed by atoms with E-state index in [1.807, 2.05) is 20.8 Å². The third kappa shape index (κ3) is 3.17. The van der Waals surface area contributed by atoms with Crippen LogP contribution in [0.25, 0.3) is 21.8 Å². The Kier molecular flexibility index (Phi) is 5.41. The summed E-state index contributed by atoms with van der Waals surface area (Å²) in [5.74, 6) is -0.415. The number of aromatic nitrogens is 1. The molecule has 3 atom stereocenters. The second kappa shape index (κ2) is 7.66. The van der Waals surface area contributed by atoms with Crippen molar-refractivity contribution in [1.29, 1.82) is 0 Å². The van der Waals surface area contributed by atoms with Crippen molar-refractivity contribution >= 4 is 78.8 Å². The number of imide groups is 1. The molecule has 2 aliphatic rings. The third-order valence-corrected chi connectivity index (χ3v) is 9.43. The highest BCUT2D eigenvalue weighted by Gasteiger charge is 2.64. The average Bonchev–Trinajstić information content (AvgIpc) is 3.12. The number of hydrogen-bond acceptors (Lipinski definition) is 3. The molecule has 0 spiro atoms. The van der Waals surface area contributed by atoms with Crippen molar-refractivity contribution in [3.05, 3.63) is 43.5 Å². The number of nitrogens with zero attached hydrogens (tertiary/aromatic N) is 2. The number of carbonyl (C=O) groups excluding carboxylic acids is 2. The predicted molar refractivity (Wildman–Crippen MR) is 142 cm³/mol. The molecule has 5 nitrogen and oxygen atoms in total. The summed E-state index contributed by atoms with van der Waals surface area (Å²) in [4.78, 5) is 27.9. The summed E-state index contributed by atoms with van der Waals surface area (Å²) in [5, 5.41) is 13.4. The van der Waals surface area contributed by atoms with Gasteiger partial charge in [-0.3, -0.25) is 14.5 Å². The minimum atomic E-state index is -0.843. The van der Waals surface area contributed by atoms with Gasteiger partial charge in [0.05, 0.1) is 24.6 Å². The number of hydrogen-bond donors (Lipinski definition) is 1. The quantitative estimate of drug-likeness (QED) is 0.312. The maximum absolute atomic E-state index is 13.4. The van der Waals surface area contributed by atoms with E-state index in [-0.39, 0.29) is 29.7 Å². The van der Waals surface area contributed by atoms with Crippen LogP contribution in [0, 0.1) is 23.9 Å². The van der Waals surface area contributed by atoms with Crippen LogP contribution in [0.1, 0.15) is 33.6 Å². The van der Waals surface area contributed by atoms with Gasteiger partial charge in [-0.05, 0) is 99.8 Å². The molecule has 0 radical (unpaired) electrons. The smallest absolute Gasteiger partial charge is 0.235 e. The second-order valence-corrected chi connectivity index (χ2v) is 12.5. The van der Waals surface area contributed by atoms with Crippen LogP contribution < -0.4 is 0 Å². The van der Waals surface area contributed by atoms with Crippen molar-refractivity contribution in [2.45, 2.75) is 46.3 Å². The maximum atomic E-state index is 13.4. The summed E-state index contributed by atoms with van der Waals surface area (Å²) in [5.41, 5.74) is 1.20. The van der Waals surface area contributed by atoms with Gasteiger partial charge in [-0.25, -0.2) is 0 Å². The van der Waals surface area contributed by atoms with Gasteiger partial charge in [0.25, 0.3) is 0 Å². The van der Waals surface area contributed by atoms with E-state index in [0.29, 0.717) is 6.54 Å². The molecule has 1 saturated heterocycles. The molecule has 2 aromatic carbocycles. The van der Waals surface area contributed by atoms with Crippen molar-refractivity contribution < 1.29 is 14.7 Å². The van der Waals surface area contributed by atoms with Crippen LogP contribution in [0.3, 0.4) is 0 Å². The summed E-state index contributed by atoms with van der Waals surface area (Å²) in [6, 6.07) is 12.6. The van der Waals surface area contributed by atoms with Crippen LogP contribution in [0.4, 0.5) is 0 Å².